The van der Waals surface area contributed by atoms with Gasteiger partial charge in [-0.25, -0.2) is 4.79 Å². The van der Waals surface area contributed by atoms with E-state index in [9.17, 15) is 4.79 Å². The molecular weight excluding hydrogens is 345 g/mol. The SMILES string of the molecule is O=C(Nc1cccc(Cl)c1Cl)N1CCN(C2CCCCCC2)CC1. The Morgan fingerprint density at radius 3 is 2.33 bits per heavy atom. The largest absolute Gasteiger partial charge is 0.322 e. The Hall–Kier alpha value is -0.970. The molecule has 1 saturated heterocycles. The van der Waals surface area contributed by atoms with Gasteiger partial charge in [0.2, 0.25) is 0 Å². The molecule has 24 heavy (non-hydrogen) atoms. The molecule has 0 bridgehead atoms. The van der Waals surface area contributed by atoms with Crippen LogP contribution in [0.3, 0.4) is 0 Å². The predicted molar refractivity (Wildman–Crippen MR) is 100 cm³/mol. The number of amides is 2. The van der Waals surface area contributed by atoms with E-state index in [-0.39, 0.29) is 6.03 Å². The van der Waals surface area contributed by atoms with Gasteiger partial charge in [0.25, 0.3) is 0 Å². The van der Waals surface area contributed by atoms with Gasteiger partial charge in [0.05, 0.1) is 15.7 Å². The Bertz CT molecular complexity index is 565. The van der Waals surface area contributed by atoms with Crippen molar-refractivity contribution in [1.82, 2.24) is 9.80 Å². The number of rotatable bonds is 2. The van der Waals surface area contributed by atoms with Crippen molar-refractivity contribution in [3.63, 3.8) is 0 Å². The van der Waals surface area contributed by atoms with Gasteiger partial charge in [0.15, 0.2) is 0 Å². The molecule has 0 aromatic heterocycles. The summed E-state index contributed by atoms with van der Waals surface area (Å²) in [5.74, 6) is 0. The molecule has 1 N–H and O–H groups in total. The lowest BCUT2D eigenvalue weighted by Gasteiger charge is -2.39. The predicted octanol–water partition coefficient (Wildman–Crippen LogP) is 4.87. The molecule has 0 atom stereocenters. The van der Waals surface area contributed by atoms with Crippen LogP contribution in [0.1, 0.15) is 38.5 Å². The zero-order valence-electron chi connectivity index (χ0n) is 13.9. The first-order chi connectivity index (χ1) is 11.6. The van der Waals surface area contributed by atoms with Crippen molar-refractivity contribution in [2.24, 2.45) is 0 Å². The molecule has 1 aromatic rings. The molecule has 2 aliphatic rings. The van der Waals surface area contributed by atoms with Crippen LogP contribution in [0.15, 0.2) is 18.2 Å². The van der Waals surface area contributed by atoms with E-state index in [1.165, 1.54) is 38.5 Å². The zero-order chi connectivity index (χ0) is 16.9. The third kappa shape index (κ3) is 4.35. The summed E-state index contributed by atoms with van der Waals surface area (Å²) in [5, 5.41) is 3.72. The maximum Gasteiger partial charge on any atom is 0.321 e. The molecule has 2 amide bonds. The first-order valence-corrected chi connectivity index (χ1v) is 9.65. The third-order valence-electron chi connectivity index (χ3n) is 5.14. The number of anilines is 1. The van der Waals surface area contributed by atoms with E-state index in [0.29, 0.717) is 21.8 Å². The van der Waals surface area contributed by atoms with E-state index >= 15 is 0 Å². The summed E-state index contributed by atoms with van der Waals surface area (Å²) in [6.07, 6.45) is 8.06. The van der Waals surface area contributed by atoms with Crippen molar-refractivity contribution >= 4 is 34.9 Å². The van der Waals surface area contributed by atoms with E-state index in [2.05, 4.69) is 10.2 Å². The molecule has 1 heterocycles. The highest BCUT2D eigenvalue weighted by atomic mass is 35.5. The van der Waals surface area contributed by atoms with Crippen molar-refractivity contribution in [3.05, 3.63) is 28.2 Å². The lowest BCUT2D eigenvalue weighted by atomic mass is 10.1. The highest BCUT2D eigenvalue weighted by Crippen LogP contribution is 2.30. The van der Waals surface area contributed by atoms with Gasteiger partial charge in [0.1, 0.15) is 0 Å². The van der Waals surface area contributed by atoms with Crippen LogP contribution in [0, 0.1) is 0 Å². The minimum Gasteiger partial charge on any atom is -0.322 e. The lowest BCUT2D eigenvalue weighted by molar-refractivity contribution is 0.105. The number of nitrogens with zero attached hydrogens (tertiary/aromatic N) is 2. The maximum absolute atomic E-state index is 12.5. The number of benzene rings is 1. The zero-order valence-corrected chi connectivity index (χ0v) is 15.5. The maximum atomic E-state index is 12.5. The molecule has 1 aliphatic heterocycles. The smallest absolute Gasteiger partial charge is 0.321 e. The lowest BCUT2D eigenvalue weighted by Crippen LogP contribution is -2.52. The molecule has 2 fully saturated rings. The monoisotopic (exact) mass is 369 g/mol. The molecule has 1 aromatic carbocycles. The first kappa shape index (κ1) is 17.8. The fourth-order valence-electron chi connectivity index (χ4n) is 3.71. The molecule has 0 radical (unpaired) electrons. The topological polar surface area (TPSA) is 35.6 Å². The van der Waals surface area contributed by atoms with E-state index < -0.39 is 0 Å². The number of carbonyl (C=O) groups is 1. The van der Waals surface area contributed by atoms with Crippen LogP contribution in [0.25, 0.3) is 0 Å². The number of hydrogen-bond donors (Lipinski definition) is 1. The number of carbonyl (C=O) groups excluding carboxylic acids is 1. The molecule has 1 saturated carbocycles. The van der Waals surface area contributed by atoms with Gasteiger partial charge in [-0.05, 0) is 25.0 Å². The second kappa shape index (κ2) is 8.41. The van der Waals surface area contributed by atoms with Crippen LogP contribution in [-0.2, 0) is 0 Å². The summed E-state index contributed by atoms with van der Waals surface area (Å²) in [4.78, 5) is 16.9. The van der Waals surface area contributed by atoms with E-state index in [0.717, 1.165) is 26.2 Å². The van der Waals surface area contributed by atoms with Gasteiger partial charge < -0.3 is 10.2 Å². The first-order valence-electron chi connectivity index (χ1n) is 8.89. The Labute approximate surface area is 154 Å². The van der Waals surface area contributed by atoms with Gasteiger partial charge in [0, 0.05) is 32.2 Å². The minimum absolute atomic E-state index is 0.0975. The van der Waals surface area contributed by atoms with E-state index in [4.69, 9.17) is 23.2 Å². The van der Waals surface area contributed by atoms with Crippen molar-refractivity contribution in [2.45, 2.75) is 44.6 Å². The fourth-order valence-corrected chi connectivity index (χ4v) is 4.06. The second-order valence-electron chi connectivity index (χ2n) is 6.70. The van der Waals surface area contributed by atoms with Crippen molar-refractivity contribution in [2.75, 3.05) is 31.5 Å². The van der Waals surface area contributed by atoms with Crippen LogP contribution in [0.2, 0.25) is 10.0 Å². The molecule has 0 unspecified atom stereocenters. The summed E-state index contributed by atoms with van der Waals surface area (Å²) in [6.45, 7) is 3.45. The van der Waals surface area contributed by atoms with Gasteiger partial charge >= 0.3 is 6.03 Å². The minimum atomic E-state index is -0.0975. The average molecular weight is 370 g/mol. The fraction of sp³-hybridized carbons (Fsp3) is 0.611. The van der Waals surface area contributed by atoms with E-state index in [1.807, 2.05) is 4.90 Å². The van der Waals surface area contributed by atoms with Crippen molar-refractivity contribution in [3.8, 4) is 0 Å². The van der Waals surface area contributed by atoms with Gasteiger partial charge in [-0.3, -0.25) is 4.90 Å². The highest BCUT2D eigenvalue weighted by molar-refractivity contribution is 6.43. The van der Waals surface area contributed by atoms with Crippen LogP contribution in [0.4, 0.5) is 10.5 Å². The van der Waals surface area contributed by atoms with E-state index in [1.54, 1.807) is 18.2 Å². The van der Waals surface area contributed by atoms with Crippen LogP contribution >= 0.6 is 23.2 Å². The second-order valence-corrected chi connectivity index (χ2v) is 7.49. The van der Waals surface area contributed by atoms with Crippen molar-refractivity contribution < 1.29 is 4.79 Å². The summed E-state index contributed by atoms with van der Waals surface area (Å²) in [6, 6.07) is 5.88. The normalized spacial score (nSPS) is 20.7. The van der Waals surface area contributed by atoms with Gasteiger partial charge in [-0.1, -0.05) is 55.0 Å². The molecule has 132 valence electrons. The number of piperazine rings is 1. The number of urea groups is 1. The summed E-state index contributed by atoms with van der Waals surface area (Å²) in [5.41, 5.74) is 0.570. The Kier molecular flexibility index (Phi) is 6.25. The summed E-state index contributed by atoms with van der Waals surface area (Å²) >= 11 is 12.1. The molecule has 6 heteroatoms. The van der Waals surface area contributed by atoms with Crippen LogP contribution in [-0.4, -0.2) is 48.1 Å². The van der Waals surface area contributed by atoms with Crippen LogP contribution in [0.5, 0.6) is 0 Å². The molecule has 4 nitrogen and oxygen atoms in total. The van der Waals surface area contributed by atoms with Gasteiger partial charge in [-0.15, -0.1) is 0 Å². The Morgan fingerprint density at radius 1 is 1.00 bits per heavy atom. The number of nitrogens with one attached hydrogen (secondary N) is 1. The number of hydrogen-bond acceptors (Lipinski definition) is 2. The third-order valence-corrected chi connectivity index (χ3v) is 5.95. The number of halogens is 2. The molecular formula is C18H25Cl2N3O. The Balaban J connectivity index is 1.52. The summed E-state index contributed by atoms with van der Waals surface area (Å²) in [7, 11) is 0. The standard InChI is InChI=1S/C18H25Cl2N3O/c19-15-8-5-9-16(17(15)20)21-18(24)23-12-10-22(11-13-23)14-6-3-1-2-4-7-14/h5,8-9,14H,1-4,6-7,10-13H2,(H,21,24). The summed E-state index contributed by atoms with van der Waals surface area (Å²) < 4.78 is 0. The van der Waals surface area contributed by atoms with Gasteiger partial charge in [-0.2, -0.15) is 0 Å². The molecule has 0 spiro atoms. The van der Waals surface area contributed by atoms with Crippen molar-refractivity contribution in [1.29, 1.82) is 0 Å². The Morgan fingerprint density at radius 2 is 1.67 bits per heavy atom. The van der Waals surface area contributed by atoms with Crippen LogP contribution < -0.4 is 5.32 Å². The molecule has 3 rings (SSSR count). The average Bonchev–Trinajstić information content (AvgIpc) is 2.88. The highest BCUT2D eigenvalue weighted by Gasteiger charge is 2.26. The quantitative estimate of drug-likeness (QED) is 0.755. The molecule has 1 aliphatic carbocycles.